The summed E-state index contributed by atoms with van der Waals surface area (Å²) >= 11 is 0. The van der Waals surface area contributed by atoms with Crippen molar-refractivity contribution in [2.75, 3.05) is 6.54 Å². The maximum atomic E-state index is 12.0. The van der Waals surface area contributed by atoms with E-state index in [1.54, 1.807) is 0 Å². The number of rotatable bonds is 5. The zero-order valence-electron chi connectivity index (χ0n) is 10.6. The van der Waals surface area contributed by atoms with E-state index in [0.29, 0.717) is 12.5 Å². The minimum Gasteiger partial charge on any atom is -0.354 e. The summed E-state index contributed by atoms with van der Waals surface area (Å²) in [5, 5.41) is 12.0. The van der Waals surface area contributed by atoms with Gasteiger partial charge in [0.05, 0.1) is 6.07 Å². The Labute approximate surface area is 108 Å². The van der Waals surface area contributed by atoms with Crippen LogP contribution in [0.4, 0.5) is 0 Å². The Balaban J connectivity index is 1.92. The van der Waals surface area contributed by atoms with E-state index in [1.165, 1.54) is 12.8 Å². The third-order valence-electron chi connectivity index (χ3n) is 3.55. The van der Waals surface area contributed by atoms with Crippen molar-refractivity contribution in [3.8, 4) is 6.07 Å². The van der Waals surface area contributed by atoms with Crippen molar-refractivity contribution in [1.29, 1.82) is 5.26 Å². The molecular formula is C15H18N2O. The Bertz CT molecular complexity index is 445. The van der Waals surface area contributed by atoms with Gasteiger partial charge < -0.3 is 5.32 Å². The largest absolute Gasteiger partial charge is 0.354 e. The van der Waals surface area contributed by atoms with Gasteiger partial charge in [-0.25, -0.2) is 0 Å². The fourth-order valence-electron chi connectivity index (χ4n) is 2.13. The summed E-state index contributed by atoms with van der Waals surface area (Å²) in [4.78, 5) is 12.0. The van der Waals surface area contributed by atoms with Crippen LogP contribution in [0.3, 0.4) is 0 Å². The van der Waals surface area contributed by atoms with Crippen LogP contribution in [0.15, 0.2) is 30.3 Å². The number of nitrogens with zero attached hydrogens (tertiary/aromatic N) is 1. The minimum atomic E-state index is -0.697. The second kappa shape index (κ2) is 5.68. The van der Waals surface area contributed by atoms with Gasteiger partial charge in [-0.2, -0.15) is 5.26 Å². The van der Waals surface area contributed by atoms with Crippen molar-refractivity contribution in [2.24, 2.45) is 11.8 Å². The second-order valence-electron chi connectivity index (χ2n) is 5.03. The molecule has 1 amide bonds. The van der Waals surface area contributed by atoms with Crippen molar-refractivity contribution < 1.29 is 4.79 Å². The van der Waals surface area contributed by atoms with Crippen LogP contribution in [0.1, 0.15) is 31.2 Å². The van der Waals surface area contributed by atoms with E-state index in [0.717, 1.165) is 11.5 Å². The lowest BCUT2D eigenvalue weighted by Gasteiger charge is -2.14. The topological polar surface area (TPSA) is 52.9 Å². The normalized spacial score (nSPS) is 17.6. The van der Waals surface area contributed by atoms with Gasteiger partial charge in [0, 0.05) is 6.54 Å². The molecule has 1 aliphatic carbocycles. The Kier molecular flexibility index (Phi) is 3.99. The Morgan fingerprint density at radius 3 is 2.67 bits per heavy atom. The molecule has 0 bridgehead atoms. The average Bonchev–Trinajstić information content (AvgIpc) is 3.22. The number of carbonyl (C=O) groups is 1. The van der Waals surface area contributed by atoms with Crippen LogP contribution in [-0.2, 0) is 4.79 Å². The highest BCUT2D eigenvalue weighted by Crippen LogP contribution is 2.36. The molecule has 0 saturated heterocycles. The van der Waals surface area contributed by atoms with E-state index in [-0.39, 0.29) is 5.91 Å². The molecular weight excluding hydrogens is 224 g/mol. The van der Waals surface area contributed by atoms with Crippen LogP contribution in [0.2, 0.25) is 0 Å². The molecule has 1 saturated carbocycles. The molecule has 2 rings (SSSR count). The molecule has 0 radical (unpaired) electrons. The summed E-state index contributed by atoms with van der Waals surface area (Å²) < 4.78 is 0. The SMILES string of the molecule is CC(CNC(=O)C(C#N)c1ccccc1)C1CC1. The van der Waals surface area contributed by atoms with E-state index in [9.17, 15) is 4.79 Å². The van der Waals surface area contributed by atoms with Crippen molar-refractivity contribution >= 4 is 5.91 Å². The lowest BCUT2D eigenvalue weighted by Crippen LogP contribution is -2.32. The summed E-state index contributed by atoms with van der Waals surface area (Å²) in [6.45, 7) is 2.83. The first-order valence-electron chi connectivity index (χ1n) is 6.44. The van der Waals surface area contributed by atoms with Gasteiger partial charge in [0.1, 0.15) is 5.92 Å². The van der Waals surface area contributed by atoms with Crippen molar-refractivity contribution in [3.05, 3.63) is 35.9 Å². The molecule has 1 aliphatic rings. The monoisotopic (exact) mass is 242 g/mol. The van der Waals surface area contributed by atoms with Crippen LogP contribution >= 0.6 is 0 Å². The predicted octanol–water partition coefficient (Wildman–Crippen LogP) is 2.46. The van der Waals surface area contributed by atoms with Gasteiger partial charge in [-0.3, -0.25) is 4.79 Å². The molecule has 2 atom stereocenters. The first kappa shape index (κ1) is 12.6. The third kappa shape index (κ3) is 3.10. The third-order valence-corrected chi connectivity index (χ3v) is 3.55. The number of benzene rings is 1. The summed E-state index contributed by atoms with van der Waals surface area (Å²) in [5.74, 6) is 0.403. The zero-order chi connectivity index (χ0) is 13.0. The highest BCUT2D eigenvalue weighted by atomic mass is 16.1. The molecule has 1 aromatic rings. The van der Waals surface area contributed by atoms with Crippen molar-refractivity contribution in [2.45, 2.75) is 25.7 Å². The number of hydrogen-bond acceptors (Lipinski definition) is 2. The smallest absolute Gasteiger partial charge is 0.241 e. The minimum absolute atomic E-state index is 0.184. The zero-order valence-corrected chi connectivity index (χ0v) is 10.6. The van der Waals surface area contributed by atoms with E-state index < -0.39 is 5.92 Å². The van der Waals surface area contributed by atoms with E-state index in [1.807, 2.05) is 30.3 Å². The molecule has 0 heterocycles. The number of carbonyl (C=O) groups excluding carboxylic acids is 1. The second-order valence-corrected chi connectivity index (χ2v) is 5.03. The maximum Gasteiger partial charge on any atom is 0.241 e. The first-order chi connectivity index (χ1) is 8.72. The van der Waals surface area contributed by atoms with Crippen LogP contribution in [-0.4, -0.2) is 12.5 Å². The molecule has 0 aromatic heterocycles. The average molecular weight is 242 g/mol. The van der Waals surface area contributed by atoms with Crippen LogP contribution < -0.4 is 5.32 Å². The van der Waals surface area contributed by atoms with Gasteiger partial charge >= 0.3 is 0 Å². The highest BCUT2D eigenvalue weighted by Gasteiger charge is 2.28. The molecule has 1 aromatic carbocycles. The summed E-state index contributed by atoms with van der Waals surface area (Å²) in [6.07, 6.45) is 2.55. The molecule has 2 unspecified atom stereocenters. The van der Waals surface area contributed by atoms with Gasteiger partial charge in [0.25, 0.3) is 0 Å². The molecule has 18 heavy (non-hydrogen) atoms. The molecule has 1 N–H and O–H groups in total. The summed E-state index contributed by atoms with van der Waals surface area (Å²) in [5.41, 5.74) is 0.761. The van der Waals surface area contributed by atoms with E-state index in [2.05, 4.69) is 18.3 Å². The lowest BCUT2D eigenvalue weighted by atomic mass is 9.99. The number of amides is 1. The number of hydrogen-bond donors (Lipinski definition) is 1. The standard InChI is InChI=1S/C15H18N2O/c1-11(12-7-8-12)10-17-15(18)14(9-16)13-5-3-2-4-6-13/h2-6,11-12,14H,7-8,10H2,1H3,(H,17,18). The fraction of sp³-hybridized carbons (Fsp3) is 0.467. The van der Waals surface area contributed by atoms with Crippen molar-refractivity contribution in [3.63, 3.8) is 0 Å². The Hall–Kier alpha value is -1.82. The van der Waals surface area contributed by atoms with Gasteiger partial charge in [-0.15, -0.1) is 0 Å². The quantitative estimate of drug-likeness (QED) is 0.862. The van der Waals surface area contributed by atoms with Gasteiger partial charge in [0.2, 0.25) is 5.91 Å². The van der Waals surface area contributed by atoms with Crippen molar-refractivity contribution in [1.82, 2.24) is 5.32 Å². The molecule has 3 heteroatoms. The Morgan fingerprint density at radius 1 is 1.44 bits per heavy atom. The lowest BCUT2D eigenvalue weighted by molar-refractivity contribution is -0.121. The van der Waals surface area contributed by atoms with E-state index >= 15 is 0 Å². The first-order valence-corrected chi connectivity index (χ1v) is 6.44. The van der Waals surface area contributed by atoms with E-state index in [4.69, 9.17) is 5.26 Å². The fourth-order valence-corrected chi connectivity index (χ4v) is 2.13. The number of nitriles is 1. The van der Waals surface area contributed by atoms with Crippen LogP contribution in [0.25, 0.3) is 0 Å². The van der Waals surface area contributed by atoms with Gasteiger partial charge in [0.15, 0.2) is 0 Å². The molecule has 1 fully saturated rings. The molecule has 0 spiro atoms. The van der Waals surface area contributed by atoms with Gasteiger partial charge in [-0.05, 0) is 30.2 Å². The summed E-state index contributed by atoms with van der Waals surface area (Å²) in [7, 11) is 0. The highest BCUT2D eigenvalue weighted by molar-refractivity contribution is 5.86. The maximum absolute atomic E-state index is 12.0. The van der Waals surface area contributed by atoms with Crippen LogP contribution in [0, 0.1) is 23.2 Å². The van der Waals surface area contributed by atoms with Gasteiger partial charge in [-0.1, -0.05) is 37.3 Å². The molecule has 0 aliphatic heterocycles. The molecule has 3 nitrogen and oxygen atoms in total. The number of nitrogens with one attached hydrogen (secondary N) is 1. The van der Waals surface area contributed by atoms with Crippen LogP contribution in [0.5, 0.6) is 0 Å². The predicted molar refractivity (Wildman–Crippen MR) is 69.7 cm³/mol. The molecule has 94 valence electrons. The Morgan fingerprint density at radius 2 is 2.11 bits per heavy atom. The summed E-state index contributed by atoms with van der Waals surface area (Å²) in [6, 6.07) is 11.3.